The van der Waals surface area contributed by atoms with Crippen LogP contribution >= 0.6 is 0 Å². The molecule has 0 aliphatic carbocycles. The molecule has 1 N–H and O–H groups in total. The molecule has 0 bridgehead atoms. The van der Waals surface area contributed by atoms with Gasteiger partial charge in [-0.05, 0) is 24.6 Å². The molecule has 6 heteroatoms. The van der Waals surface area contributed by atoms with E-state index >= 15 is 0 Å². The standard InChI is InChI=1S/C15H22F3NO2/c1-3-19-14(8-9-21-11-10-20-2)12-6-4-5-7-13(12)15(16,17)18/h4-7,14,19H,3,8-11H2,1-2H3. The number of alkyl halides is 3. The monoisotopic (exact) mass is 305 g/mol. The van der Waals surface area contributed by atoms with Gasteiger partial charge in [0, 0.05) is 19.8 Å². The van der Waals surface area contributed by atoms with E-state index in [1.807, 2.05) is 6.92 Å². The molecule has 0 aromatic heterocycles. The minimum atomic E-state index is -4.35. The normalized spacial score (nSPS) is 13.4. The largest absolute Gasteiger partial charge is 0.416 e. The highest BCUT2D eigenvalue weighted by molar-refractivity contribution is 5.32. The van der Waals surface area contributed by atoms with E-state index in [0.29, 0.717) is 32.8 Å². The average Bonchev–Trinajstić information content (AvgIpc) is 2.45. The van der Waals surface area contributed by atoms with Gasteiger partial charge in [-0.1, -0.05) is 25.1 Å². The first-order valence-corrected chi connectivity index (χ1v) is 6.96. The van der Waals surface area contributed by atoms with Crippen LogP contribution in [0, 0.1) is 0 Å². The number of benzene rings is 1. The summed E-state index contributed by atoms with van der Waals surface area (Å²) in [6.45, 7) is 3.76. The number of hydrogen-bond acceptors (Lipinski definition) is 3. The third-order valence-corrected chi connectivity index (χ3v) is 3.07. The molecule has 0 fully saturated rings. The second-order valence-electron chi connectivity index (χ2n) is 4.59. The summed E-state index contributed by atoms with van der Waals surface area (Å²) in [6, 6.07) is 5.29. The Bertz CT molecular complexity index is 410. The fraction of sp³-hybridized carbons (Fsp3) is 0.600. The molecule has 3 nitrogen and oxygen atoms in total. The lowest BCUT2D eigenvalue weighted by Gasteiger charge is -2.22. The van der Waals surface area contributed by atoms with Crippen LogP contribution in [-0.2, 0) is 15.7 Å². The van der Waals surface area contributed by atoms with Crippen LogP contribution in [-0.4, -0.2) is 33.5 Å². The van der Waals surface area contributed by atoms with Crippen LogP contribution in [0.1, 0.15) is 30.5 Å². The van der Waals surface area contributed by atoms with Gasteiger partial charge in [0.1, 0.15) is 0 Å². The molecule has 0 amide bonds. The average molecular weight is 305 g/mol. The van der Waals surface area contributed by atoms with E-state index in [0.717, 1.165) is 6.07 Å². The lowest BCUT2D eigenvalue weighted by molar-refractivity contribution is -0.138. The second-order valence-corrected chi connectivity index (χ2v) is 4.59. The summed E-state index contributed by atoms with van der Waals surface area (Å²) in [5, 5.41) is 3.09. The minimum Gasteiger partial charge on any atom is -0.382 e. The third-order valence-electron chi connectivity index (χ3n) is 3.07. The van der Waals surface area contributed by atoms with Gasteiger partial charge in [-0.25, -0.2) is 0 Å². The van der Waals surface area contributed by atoms with Crippen molar-refractivity contribution < 1.29 is 22.6 Å². The summed E-state index contributed by atoms with van der Waals surface area (Å²) < 4.78 is 49.4. The maximum absolute atomic E-state index is 13.1. The van der Waals surface area contributed by atoms with Crippen molar-refractivity contribution in [2.75, 3.05) is 33.5 Å². The Balaban J connectivity index is 2.76. The number of halogens is 3. The quantitative estimate of drug-likeness (QED) is 0.709. The number of rotatable bonds is 9. The number of hydrogen-bond donors (Lipinski definition) is 1. The molecule has 0 saturated carbocycles. The molecule has 0 aliphatic rings. The van der Waals surface area contributed by atoms with E-state index in [1.54, 1.807) is 13.2 Å². The second kappa shape index (κ2) is 9.02. The van der Waals surface area contributed by atoms with Gasteiger partial charge in [-0.2, -0.15) is 13.2 Å². The molecule has 1 aromatic carbocycles. The molecule has 21 heavy (non-hydrogen) atoms. The van der Waals surface area contributed by atoms with E-state index in [2.05, 4.69) is 5.32 Å². The molecule has 120 valence electrons. The van der Waals surface area contributed by atoms with Gasteiger partial charge in [0.2, 0.25) is 0 Å². The highest BCUT2D eigenvalue weighted by atomic mass is 19.4. The Kier molecular flexibility index (Phi) is 7.71. The molecule has 0 spiro atoms. The fourth-order valence-electron chi connectivity index (χ4n) is 2.12. The Morgan fingerprint density at radius 1 is 1.14 bits per heavy atom. The fourth-order valence-corrected chi connectivity index (χ4v) is 2.12. The van der Waals surface area contributed by atoms with Gasteiger partial charge in [-0.15, -0.1) is 0 Å². The molecule has 1 unspecified atom stereocenters. The van der Waals surface area contributed by atoms with E-state index in [9.17, 15) is 13.2 Å². The van der Waals surface area contributed by atoms with Gasteiger partial charge in [0.05, 0.1) is 18.8 Å². The minimum absolute atomic E-state index is 0.266. The summed E-state index contributed by atoms with van der Waals surface area (Å²) >= 11 is 0. The predicted octanol–water partition coefficient (Wildman–Crippen LogP) is 3.41. The molecule has 0 heterocycles. The van der Waals surface area contributed by atoms with Gasteiger partial charge < -0.3 is 14.8 Å². The zero-order valence-corrected chi connectivity index (χ0v) is 12.4. The maximum atomic E-state index is 13.1. The van der Waals surface area contributed by atoms with Gasteiger partial charge in [0.25, 0.3) is 0 Å². The Morgan fingerprint density at radius 3 is 2.48 bits per heavy atom. The molecule has 1 atom stereocenters. The van der Waals surface area contributed by atoms with Crippen LogP contribution in [0.3, 0.4) is 0 Å². The zero-order valence-electron chi connectivity index (χ0n) is 12.4. The van der Waals surface area contributed by atoms with Crippen LogP contribution in [0.15, 0.2) is 24.3 Å². The van der Waals surface area contributed by atoms with Crippen LogP contribution in [0.4, 0.5) is 13.2 Å². The van der Waals surface area contributed by atoms with Gasteiger partial charge in [-0.3, -0.25) is 0 Å². The van der Waals surface area contributed by atoms with Crippen LogP contribution in [0.2, 0.25) is 0 Å². The summed E-state index contributed by atoms with van der Waals surface area (Å²) in [6.07, 6.45) is -3.87. The summed E-state index contributed by atoms with van der Waals surface area (Å²) in [5.74, 6) is 0. The van der Waals surface area contributed by atoms with E-state index in [-0.39, 0.29) is 11.6 Å². The van der Waals surface area contributed by atoms with Crippen molar-refractivity contribution in [2.45, 2.75) is 25.6 Å². The maximum Gasteiger partial charge on any atom is 0.416 e. The molecule has 1 aromatic rings. The number of nitrogens with one attached hydrogen (secondary N) is 1. The third kappa shape index (κ3) is 6.03. The highest BCUT2D eigenvalue weighted by Gasteiger charge is 2.34. The first-order chi connectivity index (χ1) is 10.0. The number of ether oxygens (including phenoxy) is 2. The summed E-state index contributed by atoms with van der Waals surface area (Å²) in [4.78, 5) is 0. The van der Waals surface area contributed by atoms with Crippen LogP contribution < -0.4 is 5.32 Å². The molecular weight excluding hydrogens is 283 g/mol. The topological polar surface area (TPSA) is 30.5 Å². The van der Waals surface area contributed by atoms with Crippen molar-refractivity contribution in [3.05, 3.63) is 35.4 Å². The molecule has 0 aliphatic heterocycles. The Hall–Kier alpha value is -1.11. The summed E-state index contributed by atoms with van der Waals surface area (Å²) in [7, 11) is 1.57. The molecule has 0 saturated heterocycles. The van der Waals surface area contributed by atoms with E-state index in [4.69, 9.17) is 9.47 Å². The smallest absolute Gasteiger partial charge is 0.382 e. The molecule has 0 radical (unpaired) electrons. The van der Waals surface area contributed by atoms with Gasteiger partial charge >= 0.3 is 6.18 Å². The summed E-state index contributed by atoms with van der Waals surface area (Å²) in [5.41, 5.74) is -0.324. The first-order valence-electron chi connectivity index (χ1n) is 6.96. The molecule has 1 rings (SSSR count). The Morgan fingerprint density at radius 2 is 1.86 bits per heavy atom. The predicted molar refractivity (Wildman–Crippen MR) is 75.2 cm³/mol. The zero-order chi connectivity index (χ0) is 15.7. The van der Waals surface area contributed by atoms with E-state index in [1.165, 1.54) is 12.1 Å². The van der Waals surface area contributed by atoms with Crippen LogP contribution in [0.5, 0.6) is 0 Å². The number of methoxy groups -OCH3 is 1. The van der Waals surface area contributed by atoms with Crippen LogP contribution in [0.25, 0.3) is 0 Å². The van der Waals surface area contributed by atoms with Crippen molar-refractivity contribution >= 4 is 0 Å². The Labute approximate surface area is 123 Å². The SMILES string of the molecule is CCNC(CCOCCOC)c1ccccc1C(F)(F)F. The van der Waals surface area contributed by atoms with Crippen molar-refractivity contribution in [3.8, 4) is 0 Å². The van der Waals surface area contributed by atoms with Crippen molar-refractivity contribution in [3.63, 3.8) is 0 Å². The first kappa shape index (κ1) is 17.9. The van der Waals surface area contributed by atoms with Crippen molar-refractivity contribution in [1.29, 1.82) is 0 Å². The lowest BCUT2D eigenvalue weighted by Crippen LogP contribution is -2.25. The molecular formula is C15H22F3NO2. The highest BCUT2D eigenvalue weighted by Crippen LogP contribution is 2.35. The van der Waals surface area contributed by atoms with Crippen molar-refractivity contribution in [2.24, 2.45) is 0 Å². The lowest BCUT2D eigenvalue weighted by atomic mass is 9.97. The van der Waals surface area contributed by atoms with Gasteiger partial charge in [0.15, 0.2) is 0 Å². The van der Waals surface area contributed by atoms with E-state index < -0.39 is 11.7 Å². The van der Waals surface area contributed by atoms with Crippen molar-refractivity contribution in [1.82, 2.24) is 5.32 Å².